The van der Waals surface area contributed by atoms with Crippen LogP contribution in [0.1, 0.15) is 32.4 Å². The Balaban J connectivity index is 1.42. The van der Waals surface area contributed by atoms with Crippen LogP contribution in [0, 0.1) is 0 Å². The van der Waals surface area contributed by atoms with Gasteiger partial charge < -0.3 is 14.5 Å². The highest BCUT2D eigenvalue weighted by atomic mass is 32.1. The minimum atomic E-state index is -0.161. The lowest BCUT2D eigenvalue weighted by molar-refractivity contribution is -0.134. The van der Waals surface area contributed by atoms with E-state index in [1.807, 2.05) is 65.6 Å². The first-order valence-corrected chi connectivity index (χ1v) is 12.7. The van der Waals surface area contributed by atoms with E-state index in [2.05, 4.69) is 23.6 Å². The van der Waals surface area contributed by atoms with Gasteiger partial charge >= 0.3 is 0 Å². The first-order chi connectivity index (χ1) is 17.2. The quantitative estimate of drug-likeness (QED) is 0.364. The lowest BCUT2D eigenvalue weighted by Gasteiger charge is -2.37. The first kappa shape index (κ1) is 23.3. The molecule has 6 heteroatoms. The standard InChI is InChI=1S/C29H28N2O3S/c1-34-17-16-30(29(33)24-12-11-21-7-5-6-10-23(21)19-24)20-27(32)31-15-13-26-25(14-18-35-26)28(31)22-8-3-2-4-9-22/h2-12,14,18-19,28H,13,15-17,20H2,1H3. The predicted molar refractivity (Wildman–Crippen MR) is 140 cm³/mol. The fourth-order valence-electron chi connectivity index (χ4n) is 4.79. The van der Waals surface area contributed by atoms with Crippen molar-refractivity contribution in [3.63, 3.8) is 0 Å². The van der Waals surface area contributed by atoms with Crippen LogP contribution in [-0.2, 0) is 16.0 Å². The van der Waals surface area contributed by atoms with Gasteiger partial charge in [-0.05, 0) is 51.9 Å². The molecule has 0 N–H and O–H groups in total. The normalized spacial score (nSPS) is 15.1. The third kappa shape index (κ3) is 4.85. The molecular weight excluding hydrogens is 456 g/mol. The van der Waals surface area contributed by atoms with Crippen LogP contribution in [0.15, 0.2) is 84.2 Å². The van der Waals surface area contributed by atoms with E-state index in [4.69, 9.17) is 4.74 Å². The van der Waals surface area contributed by atoms with Crippen molar-refractivity contribution in [3.05, 3.63) is 106 Å². The van der Waals surface area contributed by atoms with Crippen LogP contribution in [0.2, 0.25) is 0 Å². The van der Waals surface area contributed by atoms with Crippen LogP contribution >= 0.6 is 11.3 Å². The van der Waals surface area contributed by atoms with Gasteiger partial charge in [-0.15, -0.1) is 11.3 Å². The molecule has 0 fully saturated rings. The Morgan fingerprint density at radius 1 is 1.00 bits per heavy atom. The zero-order chi connectivity index (χ0) is 24.2. The van der Waals surface area contributed by atoms with Gasteiger partial charge in [-0.1, -0.05) is 60.7 Å². The van der Waals surface area contributed by atoms with Crippen molar-refractivity contribution in [3.8, 4) is 0 Å². The van der Waals surface area contributed by atoms with Crippen LogP contribution in [-0.4, -0.2) is 55.0 Å². The molecule has 1 aromatic heterocycles. The lowest BCUT2D eigenvalue weighted by atomic mass is 9.93. The summed E-state index contributed by atoms with van der Waals surface area (Å²) in [5, 5.41) is 4.18. The molecule has 0 saturated heterocycles. The Morgan fingerprint density at radius 3 is 2.57 bits per heavy atom. The smallest absolute Gasteiger partial charge is 0.254 e. The number of benzene rings is 3. The molecule has 1 unspecified atom stereocenters. The van der Waals surface area contributed by atoms with Crippen molar-refractivity contribution >= 4 is 33.9 Å². The molecule has 3 aromatic carbocycles. The maximum Gasteiger partial charge on any atom is 0.254 e. The minimum Gasteiger partial charge on any atom is -0.383 e. The zero-order valence-corrected chi connectivity index (χ0v) is 20.5. The molecule has 2 amide bonds. The summed E-state index contributed by atoms with van der Waals surface area (Å²) in [6.45, 7) is 1.36. The Morgan fingerprint density at radius 2 is 1.77 bits per heavy atom. The SMILES string of the molecule is COCCN(CC(=O)N1CCc2sccc2C1c1ccccc1)C(=O)c1ccc2ccccc2c1. The number of methoxy groups -OCH3 is 1. The lowest BCUT2D eigenvalue weighted by Crippen LogP contribution is -2.47. The number of hydrogen-bond acceptors (Lipinski definition) is 4. The molecule has 2 heterocycles. The average molecular weight is 485 g/mol. The van der Waals surface area contributed by atoms with Gasteiger partial charge in [0.05, 0.1) is 12.6 Å². The molecule has 0 spiro atoms. The molecule has 178 valence electrons. The topological polar surface area (TPSA) is 49.9 Å². The molecule has 5 nitrogen and oxygen atoms in total. The molecule has 0 saturated carbocycles. The number of ether oxygens (including phenoxy) is 1. The summed E-state index contributed by atoms with van der Waals surface area (Å²) < 4.78 is 5.26. The Hall–Kier alpha value is -3.48. The highest BCUT2D eigenvalue weighted by molar-refractivity contribution is 7.10. The molecule has 1 atom stereocenters. The molecule has 1 aliphatic rings. The van der Waals surface area contributed by atoms with Crippen LogP contribution in [0.5, 0.6) is 0 Å². The molecule has 0 aliphatic carbocycles. The summed E-state index contributed by atoms with van der Waals surface area (Å²) >= 11 is 1.75. The third-order valence-corrected chi connectivity index (χ3v) is 7.57. The molecule has 0 radical (unpaired) electrons. The molecular formula is C29H28N2O3S. The number of fused-ring (bicyclic) bond motifs is 2. The van der Waals surface area contributed by atoms with Gasteiger partial charge in [0.25, 0.3) is 5.91 Å². The van der Waals surface area contributed by atoms with E-state index in [9.17, 15) is 9.59 Å². The van der Waals surface area contributed by atoms with E-state index in [-0.39, 0.29) is 24.4 Å². The summed E-state index contributed by atoms with van der Waals surface area (Å²) in [6.07, 6.45) is 0.832. The third-order valence-electron chi connectivity index (χ3n) is 6.58. The molecule has 4 aromatic rings. The van der Waals surface area contributed by atoms with Gasteiger partial charge in [0, 0.05) is 30.6 Å². The summed E-state index contributed by atoms with van der Waals surface area (Å²) in [4.78, 5) is 32.1. The number of carbonyl (C=O) groups excluding carboxylic acids is 2. The monoisotopic (exact) mass is 484 g/mol. The maximum atomic E-state index is 13.7. The van der Waals surface area contributed by atoms with Crippen LogP contribution in [0.25, 0.3) is 10.8 Å². The van der Waals surface area contributed by atoms with Crippen LogP contribution in [0.3, 0.4) is 0 Å². The van der Waals surface area contributed by atoms with E-state index in [1.165, 1.54) is 10.4 Å². The Bertz CT molecular complexity index is 1330. The summed E-state index contributed by atoms with van der Waals surface area (Å²) in [5.74, 6) is -0.216. The molecule has 5 rings (SSSR count). The number of nitrogens with zero attached hydrogens (tertiary/aromatic N) is 2. The van der Waals surface area contributed by atoms with Gasteiger partial charge in [0.1, 0.15) is 6.54 Å². The van der Waals surface area contributed by atoms with Crippen molar-refractivity contribution < 1.29 is 14.3 Å². The van der Waals surface area contributed by atoms with Crippen LogP contribution < -0.4 is 0 Å². The van der Waals surface area contributed by atoms with E-state index >= 15 is 0 Å². The minimum absolute atomic E-state index is 0.0117. The van der Waals surface area contributed by atoms with Gasteiger partial charge in [0.15, 0.2) is 0 Å². The van der Waals surface area contributed by atoms with E-state index in [0.717, 1.165) is 22.8 Å². The molecule has 35 heavy (non-hydrogen) atoms. The van der Waals surface area contributed by atoms with E-state index in [0.29, 0.717) is 25.3 Å². The van der Waals surface area contributed by atoms with Crippen molar-refractivity contribution in [2.75, 3.05) is 33.4 Å². The fraction of sp³-hybridized carbons (Fsp3) is 0.241. The second kappa shape index (κ2) is 10.4. The average Bonchev–Trinajstić information content (AvgIpc) is 3.39. The van der Waals surface area contributed by atoms with Crippen molar-refractivity contribution in [1.29, 1.82) is 0 Å². The number of rotatable bonds is 7. The number of hydrogen-bond donors (Lipinski definition) is 0. The number of amides is 2. The van der Waals surface area contributed by atoms with Gasteiger partial charge in [-0.3, -0.25) is 9.59 Å². The largest absolute Gasteiger partial charge is 0.383 e. The van der Waals surface area contributed by atoms with E-state index < -0.39 is 0 Å². The van der Waals surface area contributed by atoms with Gasteiger partial charge in [0.2, 0.25) is 5.91 Å². The number of thiophene rings is 1. The maximum absolute atomic E-state index is 13.7. The number of carbonyl (C=O) groups is 2. The Labute approximate surface area is 209 Å². The molecule has 1 aliphatic heterocycles. The van der Waals surface area contributed by atoms with Crippen LogP contribution in [0.4, 0.5) is 0 Å². The second-order valence-corrected chi connectivity index (χ2v) is 9.73. The highest BCUT2D eigenvalue weighted by Gasteiger charge is 2.34. The second-order valence-electron chi connectivity index (χ2n) is 8.73. The predicted octanol–water partition coefficient (Wildman–Crippen LogP) is 5.16. The first-order valence-electron chi connectivity index (χ1n) is 11.8. The summed E-state index contributed by atoms with van der Waals surface area (Å²) in [7, 11) is 1.61. The van der Waals surface area contributed by atoms with Crippen molar-refractivity contribution in [2.45, 2.75) is 12.5 Å². The summed E-state index contributed by atoms with van der Waals surface area (Å²) in [5.41, 5.74) is 2.85. The van der Waals surface area contributed by atoms with Crippen molar-refractivity contribution in [2.24, 2.45) is 0 Å². The fourth-order valence-corrected chi connectivity index (χ4v) is 5.70. The van der Waals surface area contributed by atoms with Gasteiger partial charge in [-0.25, -0.2) is 0 Å². The van der Waals surface area contributed by atoms with Crippen molar-refractivity contribution in [1.82, 2.24) is 9.80 Å². The molecule has 0 bridgehead atoms. The summed E-state index contributed by atoms with van der Waals surface area (Å²) in [6, 6.07) is 25.8. The zero-order valence-electron chi connectivity index (χ0n) is 19.7. The highest BCUT2D eigenvalue weighted by Crippen LogP contribution is 2.37. The Kier molecular flexibility index (Phi) is 6.93. The van der Waals surface area contributed by atoms with E-state index in [1.54, 1.807) is 23.3 Å². The van der Waals surface area contributed by atoms with Gasteiger partial charge in [-0.2, -0.15) is 0 Å².